The van der Waals surface area contributed by atoms with Gasteiger partial charge in [0.25, 0.3) is 0 Å². The summed E-state index contributed by atoms with van der Waals surface area (Å²) in [4.78, 5) is 2.45. The lowest BCUT2D eigenvalue weighted by molar-refractivity contribution is 0.219. The van der Waals surface area contributed by atoms with E-state index in [1.165, 1.54) is 18.4 Å². The molecule has 0 saturated carbocycles. The van der Waals surface area contributed by atoms with Crippen molar-refractivity contribution >= 4 is 11.6 Å². The molecule has 3 heteroatoms. The number of hydrogen-bond donors (Lipinski definition) is 1. The van der Waals surface area contributed by atoms with Gasteiger partial charge in [-0.05, 0) is 44.5 Å². The molecule has 16 heavy (non-hydrogen) atoms. The Hall–Kier alpha value is -0.570. The molecule has 1 fully saturated rings. The Bertz CT molecular complexity index is 346. The van der Waals surface area contributed by atoms with E-state index in [-0.39, 0.29) is 12.1 Å². The predicted molar refractivity (Wildman–Crippen MR) is 68.6 cm³/mol. The molecule has 1 heterocycles. The SMILES string of the molecule is CC(N)C(c1ccccc1Cl)N1CCCC1. The second-order valence-corrected chi connectivity index (χ2v) is 4.98. The first kappa shape index (κ1) is 11.9. The molecule has 2 nitrogen and oxygen atoms in total. The lowest BCUT2D eigenvalue weighted by atomic mass is 9.99. The average molecular weight is 239 g/mol. The third-order valence-electron chi connectivity index (χ3n) is 3.26. The number of benzene rings is 1. The van der Waals surface area contributed by atoms with Crippen molar-refractivity contribution in [2.24, 2.45) is 5.73 Å². The average Bonchev–Trinajstić information content (AvgIpc) is 2.74. The van der Waals surface area contributed by atoms with E-state index in [4.69, 9.17) is 17.3 Å². The molecule has 0 amide bonds. The smallest absolute Gasteiger partial charge is 0.0511 e. The van der Waals surface area contributed by atoms with Crippen LogP contribution < -0.4 is 5.73 Å². The molecular weight excluding hydrogens is 220 g/mol. The van der Waals surface area contributed by atoms with E-state index >= 15 is 0 Å². The highest BCUT2D eigenvalue weighted by molar-refractivity contribution is 6.31. The number of rotatable bonds is 3. The van der Waals surface area contributed by atoms with E-state index in [1.54, 1.807) is 0 Å². The molecule has 1 aliphatic rings. The first-order chi connectivity index (χ1) is 7.70. The quantitative estimate of drug-likeness (QED) is 0.878. The molecule has 0 aromatic heterocycles. The lowest BCUT2D eigenvalue weighted by Crippen LogP contribution is -2.38. The van der Waals surface area contributed by atoms with Crippen molar-refractivity contribution in [2.45, 2.75) is 31.8 Å². The van der Waals surface area contributed by atoms with Gasteiger partial charge < -0.3 is 5.73 Å². The molecule has 2 N–H and O–H groups in total. The minimum atomic E-state index is 0.109. The van der Waals surface area contributed by atoms with Gasteiger partial charge in [0, 0.05) is 11.1 Å². The minimum absolute atomic E-state index is 0.109. The molecule has 2 rings (SSSR count). The molecule has 0 bridgehead atoms. The lowest BCUT2D eigenvalue weighted by Gasteiger charge is -2.31. The Morgan fingerprint density at radius 3 is 2.44 bits per heavy atom. The Balaban J connectivity index is 2.28. The Morgan fingerprint density at radius 1 is 1.25 bits per heavy atom. The van der Waals surface area contributed by atoms with Crippen LogP contribution in [0.25, 0.3) is 0 Å². The van der Waals surface area contributed by atoms with Crippen molar-refractivity contribution in [2.75, 3.05) is 13.1 Å². The van der Waals surface area contributed by atoms with Crippen LogP contribution in [0.4, 0.5) is 0 Å². The summed E-state index contributed by atoms with van der Waals surface area (Å²) in [5.74, 6) is 0. The molecule has 1 aliphatic heterocycles. The van der Waals surface area contributed by atoms with Crippen LogP contribution in [0.1, 0.15) is 31.4 Å². The monoisotopic (exact) mass is 238 g/mol. The largest absolute Gasteiger partial charge is 0.326 e. The van der Waals surface area contributed by atoms with Gasteiger partial charge in [0.1, 0.15) is 0 Å². The zero-order valence-electron chi connectivity index (χ0n) is 9.70. The van der Waals surface area contributed by atoms with Crippen LogP contribution in [0.15, 0.2) is 24.3 Å². The maximum Gasteiger partial charge on any atom is 0.0511 e. The summed E-state index contributed by atoms with van der Waals surface area (Å²) < 4.78 is 0. The maximum atomic E-state index is 6.26. The third kappa shape index (κ3) is 2.40. The normalized spacial score (nSPS) is 20.9. The summed E-state index contributed by atoms with van der Waals surface area (Å²) in [6, 6.07) is 8.41. The number of nitrogens with zero attached hydrogens (tertiary/aromatic N) is 1. The molecule has 0 spiro atoms. The topological polar surface area (TPSA) is 29.3 Å². The van der Waals surface area contributed by atoms with Crippen molar-refractivity contribution in [3.63, 3.8) is 0 Å². The molecular formula is C13H19ClN2. The molecule has 1 aromatic rings. The summed E-state index contributed by atoms with van der Waals surface area (Å²) >= 11 is 6.26. The fraction of sp³-hybridized carbons (Fsp3) is 0.538. The Morgan fingerprint density at radius 2 is 1.88 bits per heavy atom. The molecule has 0 aliphatic carbocycles. The molecule has 0 radical (unpaired) electrons. The van der Waals surface area contributed by atoms with Crippen molar-refractivity contribution in [1.82, 2.24) is 4.90 Å². The highest BCUT2D eigenvalue weighted by atomic mass is 35.5. The first-order valence-corrected chi connectivity index (χ1v) is 6.32. The summed E-state index contributed by atoms with van der Waals surface area (Å²) in [6.07, 6.45) is 2.54. The van der Waals surface area contributed by atoms with Crippen molar-refractivity contribution in [3.8, 4) is 0 Å². The first-order valence-electron chi connectivity index (χ1n) is 5.94. The van der Waals surface area contributed by atoms with Gasteiger partial charge in [0.15, 0.2) is 0 Å². The zero-order chi connectivity index (χ0) is 11.5. The van der Waals surface area contributed by atoms with Gasteiger partial charge in [-0.1, -0.05) is 29.8 Å². The maximum absolute atomic E-state index is 6.26. The molecule has 1 aromatic carbocycles. The van der Waals surface area contributed by atoms with Gasteiger partial charge in [-0.3, -0.25) is 4.90 Å². The van der Waals surface area contributed by atoms with Crippen LogP contribution in [0.3, 0.4) is 0 Å². The highest BCUT2D eigenvalue weighted by Crippen LogP contribution is 2.31. The van der Waals surface area contributed by atoms with Crippen molar-refractivity contribution < 1.29 is 0 Å². The second kappa shape index (κ2) is 5.17. The summed E-state index contributed by atoms with van der Waals surface area (Å²) in [6.45, 7) is 4.33. The Kier molecular flexibility index (Phi) is 3.85. The van der Waals surface area contributed by atoms with E-state index in [1.807, 2.05) is 18.2 Å². The van der Waals surface area contributed by atoms with E-state index < -0.39 is 0 Å². The van der Waals surface area contributed by atoms with E-state index in [0.29, 0.717) is 0 Å². The number of nitrogens with two attached hydrogens (primary N) is 1. The summed E-state index contributed by atoms with van der Waals surface area (Å²) in [5.41, 5.74) is 7.28. The van der Waals surface area contributed by atoms with Crippen LogP contribution in [0.2, 0.25) is 5.02 Å². The van der Waals surface area contributed by atoms with Gasteiger partial charge in [0.2, 0.25) is 0 Å². The minimum Gasteiger partial charge on any atom is -0.326 e. The van der Waals surface area contributed by atoms with Gasteiger partial charge in [-0.2, -0.15) is 0 Å². The number of likely N-dealkylation sites (tertiary alicyclic amines) is 1. The zero-order valence-corrected chi connectivity index (χ0v) is 10.5. The van der Waals surface area contributed by atoms with E-state index in [2.05, 4.69) is 17.9 Å². The molecule has 2 unspecified atom stereocenters. The fourth-order valence-electron chi connectivity index (χ4n) is 2.55. The van der Waals surface area contributed by atoms with Crippen molar-refractivity contribution in [1.29, 1.82) is 0 Å². The standard InChI is InChI=1S/C13H19ClN2/c1-10(15)13(16-8-4-5-9-16)11-6-2-3-7-12(11)14/h2-3,6-7,10,13H,4-5,8-9,15H2,1H3. The van der Waals surface area contributed by atoms with E-state index in [0.717, 1.165) is 18.1 Å². The summed E-state index contributed by atoms with van der Waals surface area (Å²) in [5, 5.41) is 0.830. The van der Waals surface area contributed by atoms with Crippen LogP contribution in [-0.2, 0) is 0 Å². The van der Waals surface area contributed by atoms with Gasteiger partial charge in [-0.25, -0.2) is 0 Å². The third-order valence-corrected chi connectivity index (χ3v) is 3.60. The Labute approximate surface area is 102 Å². The van der Waals surface area contributed by atoms with Crippen LogP contribution in [-0.4, -0.2) is 24.0 Å². The highest BCUT2D eigenvalue weighted by Gasteiger charge is 2.27. The molecule has 1 saturated heterocycles. The van der Waals surface area contributed by atoms with Crippen LogP contribution in [0.5, 0.6) is 0 Å². The number of halogens is 1. The molecule has 88 valence electrons. The summed E-state index contributed by atoms with van der Waals surface area (Å²) in [7, 11) is 0. The van der Waals surface area contributed by atoms with Gasteiger partial charge in [-0.15, -0.1) is 0 Å². The second-order valence-electron chi connectivity index (χ2n) is 4.57. The fourth-order valence-corrected chi connectivity index (χ4v) is 2.79. The van der Waals surface area contributed by atoms with E-state index in [9.17, 15) is 0 Å². The van der Waals surface area contributed by atoms with Crippen LogP contribution in [0, 0.1) is 0 Å². The predicted octanol–water partition coefficient (Wildman–Crippen LogP) is 2.82. The van der Waals surface area contributed by atoms with Crippen LogP contribution >= 0.6 is 11.6 Å². The van der Waals surface area contributed by atoms with Crippen molar-refractivity contribution in [3.05, 3.63) is 34.9 Å². The molecule has 2 atom stereocenters. The van der Waals surface area contributed by atoms with Gasteiger partial charge in [0.05, 0.1) is 6.04 Å². The number of hydrogen-bond acceptors (Lipinski definition) is 2. The van der Waals surface area contributed by atoms with Gasteiger partial charge >= 0.3 is 0 Å².